The van der Waals surface area contributed by atoms with Gasteiger partial charge in [-0.2, -0.15) is 9.57 Å². The monoisotopic (exact) mass is 512 g/mol. The van der Waals surface area contributed by atoms with E-state index in [-0.39, 0.29) is 25.4 Å². The van der Waals surface area contributed by atoms with E-state index in [2.05, 4.69) is 47.9 Å². The van der Waals surface area contributed by atoms with E-state index in [1.807, 2.05) is 0 Å². The number of morpholine rings is 2. The minimum Gasteiger partial charge on any atom is -0.492 e. The van der Waals surface area contributed by atoms with Crippen molar-refractivity contribution >= 4 is 10.0 Å². The molecule has 2 heterocycles. The van der Waals surface area contributed by atoms with Crippen molar-refractivity contribution in [2.24, 2.45) is 0 Å². The van der Waals surface area contributed by atoms with Crippen LogP contribution < -0.4 is 4.74 Å². The van der Waals surface area contributed by atoms with Gasteiger partial charge in [-0.15, -0.1) is 0 Å². The molecule has 2 aromatic carbocycles. The lowest BCUT2D eigenvalue weighted by Gasteiger charge is -2.46. The van der Waals surface area contributed by atoms with E-state index < -0.39 is 10.0 Å². The van der Waals surface area contributed by atoms with Crippen molar-refractivity contribution in [2.75, 3.05) is 58.7 Å². The molecule has 2 unspecified atom stereocenters. The highest BCUT2D eigenvalue weighted by atomic mass is 32.2. The van der Waals surface area contributed by atoms with Gasteiger partial charge in [0.1, 0.15) is 12.4 Å². The molecule has 4 rings (SSSR count). The maximum absolute atomic E-state index is 12.4. The zero-order valence-corrected chi connectivity index (χ0v) is 22.2. The molecular weight excluding hydrogens is 476 g/mol. The Bertz CT molecular complexity index is 1150. The molecule has 2 fully saturated rings. The Morgan fingerprint density at radius 3 is 2.19 bits per heavy atom. The first kappa shape index (κ1) is 26.6. The number of aryl methyl sites for hydroxylation is 2. The van der Waals surface area contributed by atoms with Gasteiger partial charge in [0.2, 0.25) is 10.0 Å². The molecule has 0 amide bonds. The first-order valence-corrected chi connectivity index (χ1v) is 14.3. The number of nitriles is 1. The van der Waals surface area contributed by atoms with Gasteiger partial charge in [-0.25, -0.2) is 8.42 Å². The highest BCUT2D eigenvalue weighted by Gasteiger charge is 2.35. The maximum atomic E-state index is 12.4. The summed E-state index contributed by atoms with van der Waals surface area (Å²) in [5, 5.41) is 8.90. The molecule has 2 aliphatic rings. The van der Waals surface area contributed by atoms with E-state index in [1.54, 1.807) is 24.3 Å². The van der Waals surface area contributed by atoms with Gasteiger partial charge >= 0.3 is 0 Å². The molecule has 36 heavy (non-hydrogen) atoms. The molecule has 0 aliphatic carbocycles. The summed E-state index contributed by atoms with van der Waals surface area (Å²) in [5.74, 6) is 0.619. The lowest BCUT2D eigenvalue weighted by molar-refractivity contribution is -0.140. The number of nitrogens with zero attached hydrogens (tertiary/aromatic N) is 4. The normalized spacial score (nSPS) is 20.9. The van der Waals surface area contributed by atoms with Gasteiger partial charge in [0, 0.05) is 52.4 Å². The fraction of sp³-hybridized carbons (Fsp3) is 0.519. The van der Waals surface area contributed by atoms with Crippen molar-refractivity contribution in [3.63, 3.8) is 0 Å². The molecule has 9 heteroatoms. The summed E-state index contributed by atoms with van der Waals surface area (Å²) >= 11 is 0. The highest BCUT2D eigenvalue weighted by molar-refractivity contribution is 7.88. The Morgan fingerprint density at radius 1 is 1.00 bits per heavy atom. The molecule has 0 aromatic heterocycles. The van der Waals surface area contributed by atoms with Crippen LogP contribution in [0.15, 0.2) is 42.5 Å². The SMILES string of the molecule is Cc1cccc(C)c1CN1CC2CN(CCN(CCOc3ccc(C#N)cc3)S(C)(=O)=O)CC(C1)O2. The zero-order valence-electron chi connectivity index (χ0n) is 21.4. The molecule has 2 aromatic rings. The lowest BCUT2D eigenvalue weighted by atomic mass is 10.0. The molecule has 0 saturated carbocycles. The zero-order chi connectivity index (χ0) is 25.7. The number of fused-ring (bicyclic) bond motifs is 2. The lowest BCUT2D eigenvalue weighted by Crippen LogP contribution is -2.60. The van der Waals surface area contributed by atoms with Crippen molar-refractivity contribution in [1.29, 1.82) is 5.26 Å². The maximum Gasteiger partial charge on any atom is 0.211 e. The molecule has 0 N–H and O–H groups in total. The Morgan fingerprint density at radius 2 is 1.61 bits per heavy atom. The van der Waals surface area contributed by atoms with E-state index in [1.165, 1.54) is 27.3 Å². The van der Waals surface area contributed by atoms with Crippen LogP contribution in [-0.2, 0) is 21.3 Å². The van der Waals surface area contributed by atoms with Gasteiger partial charge in [-0.1, -0.05) is 18.2 Å². The molecule has 8 nitrogen and oxygen atoms in total. The molecule has 0 spiro atoms. The third-order valence-corrected chi connectivity index (χ3v) is 8.29. The van der Waals surface area contributed by atoms with Crippen molar-refractivity contribution in [2.45, 2.75) is 32.6 Å². The Hall–Kier alpha value is -2.48. The van der Waals surface area contributed by atoms with Crippen LogP contribution in [0, 0.1) is 25.2 Å². The summed E-state index contributed by atoms with van der Waals surface area (Å²) in [6, 6.07) is 15.3. The number of sulfonamides is 1. The number of hydrogen-bond donors (Lipinski definition) is 0. The number of benzene rings is 2. The molecule has 2 aliphatic heterocycles. The third kappa shape index (κ3) is 7.05. The Kier molecular flexibility index (Phi) is 8.65. The van der Waals surface area contributed by atoms with Crippen molar-refractivity contribution < 1.29 is 17.9 Å². The van der Waals surface area contributed by atoms with E-state index in [0.29, 0.717) is 24.4 Å². The summed E-state index contributed by atoms with van der Waals surface area (Å²) in [6.07, 6.45) is 1.51. The second-order valence-corrected chi connectivity index (χ2v) is 11.8. The van der Waals surface area contributed by atoms with E-state index in [0.717, 1.165) is 32.7 Å². The summed E-state index contributed by atoms with van der Waals surface area (Å²) in [6.45, 7) is 10.3. The summed E-state index contributed by atoms with van der Waals surface area (Å²) in [4.78, 5) is 4.82. The van der Waals surface area contributed by atoms with E-state index in [4.69, 9.17) is 14.7 Å². The smallest absolute Gasteiger partial charge is 0.211 e. The van der Waals surface area contributed by atoms with Crippen LogP contribution in [0.4, 0.5) is 0 Å². The fourth-order valence-electron chi connectivity index (χ4n) is 5.08. The fourth-order valence-corrected chi connectivity index (χ4v) is 5.90. The van der Waals surface area contributed by atoms with Crippen LogP contribution in [0.5, 0.6) is 5.75 Å². The topological polar surface area (TPSA) is 86.1 Å². The molecular formula is C27H36N4O4S. The van der Waals surface area contributed by atoms with Gasteiger partial charge in [-0.3, -0.25) is 9.80 Å². The molecule has 194 valence electrons. The standard InChI is InChI=1S/C27H36N4O4S/c1-21-5-4-6-22(2)27(21)20-30-18-25-16-29(17-26(19-30)35-25)11-12-31(36(3,32)33)13-14-34-24-9-7-23(15-28)8-10-24/h4-10,25-26H,11-14,16-20H2,1-3H3. The van der Waals surface area contributed by atoms with Crippen LogP contribution in [-0.4, -0.2) is 93.4 Å². The quantitative estimate of drug-likeness (QED) is 0.483. The Balaban J connectivity index is 1.26. The largest absolute Gasteiger partial charge is 0.492 e. The first-order valence-electron chi connectivity index (χ1n) is 12.4. The van der Waals surface area contributed by atoms with Gasteiger partial charge in [0.25, 0.3) is 0 Å². The second-order valence-electron chi connectivity index (χ2n) is 9.85. The summed E-state index contributed by atoms with van der Waals surface area (Å²) in [7, 11) is -3.36. The van der Waals surface area contributed by atoms with Crippen LogP contribution >= 0.6 is 0 Å². The Labute approximate surface area is 215 Å². The van der Waals surface area contributed by atoms with Gasteiger partial charge in [-0.05, 0) is 54.8 Å². The van der Waals surface area contributed by atoms with Crippen LogP contribution in [0.1, 0.15) is 22.3 Å². The van der Waals surface area contributed by atoms with Crippen molar-refractivity contribution in [3.8, 4) is 11.8 Å². The van der Waals surface area contributed by atoms with Gasteiger partial charge in [0.15, 0.2) is 0 Å². The third-order valence-electron chi connectivity index (χ3n) is 6.99. The van der Waals surface area contributed by atoms with Gasteiger partial charge in [0.05, 0.1) is 30.1 Å². The molecule has 2 saturated heterocycles. The minimum absolute atomic E-state index is 0.133. The molecule has 2 atom stereocenters. The van der Waals surface area contributed by atoms with Crippen LogP contribution in [0.2, 0.25) is 0 Å². The van der Waals surface area contributed by atoms with E-state index in [9.17, 15) is 8.42 Å². The van der Waals surface area contributed by atoms with Crippen molar-refractivity contribution in [3.05, 3.63) is 64.7 Å². The predicted octanol–water partition coefficient (Wildman–Crippen LogP) is 2.40. The minimum atomic E-state index is -3.36. The number of rotatable bonds is 10. The highest BCUT2D eigenvalue weighted by Crippen LogP contribution is 2.23. The summed E-state index contributed by atoms with van der Waals surface area (Å²) in [5.41, 5.74) is 4.62. The number of hydrogen-bond acceptors (Lipinski definition) is 7. The van der Waals surface area contributed by atoms with Crippen LogP contribution in [0.3, 0.4) is 0 Å². The molecule has 2 bridgehead atoms. The van der Waals surface area contributed by atoms with Crippen molar-refractivity contribution in [1.82, 2.24) is 14.1 Å². The average molecular weight is 513 g/mol. The first-order chi connectivity index (χ1) is 17.2. The molecule has 0 radical (unpaired) electrons. The summed E-state index contributed by atoms with van der Waals surface area (Å²) < 4.78 is 38.2. The van der Waals surface area contributed by atoms with Crippen LogP contribution in [0.25, 0.3) is 0 Å². The van der Waals surface area contributed by atoms with Gasteiger partial charge < -0.3 is 9.47 Å². The number of ether oxygens (including phenoxy) is 2. The predicted molar refractivity (Wildman–Crippen MR) is 139 cm³/mol. The van der Waals surface area contributed by atoms with E-state index >= 15 is 0 Å². The average Bonchev–Trinajstić information content (AvgIpc) is 2.83. The second kappa shape index (κ2) is 11.7.